The van der Waals surface area contributed by atoms with Gasteiger partial charge in [0.1, 0.15) is 0 Å². The molecule has 2 rings (SSSR count). The fourth-order valence-electron chi connectivity index (χ4n) is 2.57. The summed E-state index contributed by atoms with van der Waals surface area (Å²) in [7, 11) is 0. The number of likely N-dealkylation sites (tertiary alicyclic amines) is 1. The molecule has 0 radical (unpaired) electrons. The summed E-state index contributed by atoms with van der Waals surface area (Å²) in [5.74, 6) is 0.358. The van der Waals surface area contributed by atoms with Crippen molar-refractivity contribution in [2.24, 2.45) is 0 Å². The van der Waals surface area contributed by atoms with Crippen LogP contribution in [0.15, 0.2) is 0 Å². The van der Waals surface area contributed by atoms with Crippen molar-refractivity contribution in [1.82, 2.24) is 10.2 Å². The van der Waals surface area contributed by atoms with Gasteiger partial charge in [-0.3, -0.25) is 4.79 Å². The quantitative estimate of drug-likeness (QED) is 0.767. The molecule has 2 fully saturated rings. The van der Waals surface area contributed by atoms with Crippen LogP contribution in [0.25, 0.3) is 0 Å². The molecule has 2 saturated heterocycles. The summed E-state index contributed by atoms with van der Waals surface area (Å²) in [6.07, 6.45) is 8.44. The van der Waals surface area contributed by atoms with Crippen LogP contribution in [0.3, 0.4) is 0 Å². The van der Waals surface area contributed by atoms with Crippen LogP contribution in [0.5, 0.6) is 0 Å². The smallest absolute Gasteiger partial charge is 0.239 e. The van der Waals surface area contributed by atoms with Gasteiger partial charge in [-0.1, -0.05) is 19.3 Å². The summed E-state index contributed by atoms with van der Waals surface area (Å²) >= 11 is 0. The van der Waals surface area contributed by atoms with Crippen molar-refractivity contribution in [3.63, 3.8) is 0 Å². The molecule has 4 heteroatoms. The van der Waals surface area contributed by atoms with Crippen molar-refractivity contribution < 1.29 is 4.79 Å². The predicted molar refractivity (Wildman–Crippen MR) is 67.9 cm³/mol. The van der Waals surface area contributed by atoms with Crippen molar-refractivity contribution in [2.45, 2.75) is 51.0 Å². The molecule has 94 valence electrons. The van der Waals surface area contributed by atoms with Crippen LogP contribution in [0, 0.1) is 0 Å². The minimum Gasteiger partial charge on any atom is -0.341 e. The second-order valence-corrected chi connectivity index (χ2v) is 4.74. The maximum absolute atomic E-state index is 12.2. The SMILES string of the molecule is Cl.O=C([C@@H]1CCCCN1)N1CCCCCC1. The Kier molecular flexibility index (Phi) is 6.14. The molecule has 0 aromatic rings. The van der Waals surface area contributed by atoms with Crippen LogP contribution in [-0.4, -0.2) is 36.5 Å². The number of nitrogens with one attached hydrogen (secondary N) is 1. The zero-order valence-corrected chi connectivity index (χ0v) is 10.7. The average molecular weight is 247 g/mol. The second kappa shape index (κ2) is 7.13. The number of carbonyl (C=O) groups is 1. The van der Waals surface area contributed by atoms with Gasteiger partial charge >= 0.3 is 0 Å². The normalized spacial score (nSPS) is 26.8. The van der Waals surface area contributed by atoms with Crippen LogP contribution in [0.1, 0.15) is 44.9 Å². The van der Waals surface area contributed by atoms with Crippen molar-refractivity contribution in [3.05, 3.63) is 0 Å². The lowest BCUT2D eigenvalue weighted by atomic mass is 10.0. The molecule has 0 bridgehead atoms. The standard InChI is InChI=1S/C12H22N2O.ClH/c15-12(11-7-3-4-8-13-11)14-9-5-1-2-6-10-14;/h11,13H,1-10H2;1H/t11-;/m0./s1. The van der Waals surface area contributed by atoms with Crippen molar-refractivity contribution in [2.75, 3.05) is 19.6 Å². The first-order valence-corrected chi connectivity index (χ1v) is 6.40. The third-order valence-corrected chi connectivity index (χ3v) is 3.53. The topological polar surface area (TPSA) is 32.3 Å². The van der Waals surface area contributed by atoms with E-state index in [1.54, 1.807) is 0 Å². The molecule has 0 saturated carbocycles. The summed E-state index contributed by atoms with van der Waals surface area (Å²) in [5, 5.41) is 3.35. The number of piperidine rings is 1. The van der Waals surface area contributed by atoms with Crippen LogP contribution in [-0.2, 0) is 4.79 Å². The summed E-state index contributed by atoms with van der Waals surface area (Å²) in [6, 6.07) is 0.122. The number of nitrogens with zero attached hydrogens (tertiary/aromatic N) is 1. The van der Waals surface area contributed by atoms with E-state index < -0.39 is 0 Å². The Hall–Kier alpha value is -0.280. The summed E-state index contributed by atoms with van der Waals surface area (Å²) in [6.45, 7) is 2.98. The first kappa shape index (κ1) is 13.8. The van der Waals surface area contributed by atoms with Crippen LogP contribution >= 0.6 is 12.4 Å². The first-order chi connectivity index (χ1) is 7.38. The van der Waals surface area contributed by atoms with E-state index in [4.69, 9.17) is 0 Å². The molecule has 16 heavy (non-hydrogen) atoms. The van der Waals surface area contributed by atoms with Gasteiger partial charge in [-0.2, -0.15) is 0 Å². The van der Waals surface area contributed by atoms with E-state index in [0.29, 0.717) is 5.91 Å². The predicted octanol–water partition coefficient (Wildman–Crippen LogP) is 1.95. The zero-order valence-electron chi connectivity index (χ0n) is 9.91. The van der Waals surface area contributed by atoms with Crippen molar-refractivity contribution in [3.8, 4) is 0 Å². The molecule has 0 aromatic carbocycles. The molecule has 1 amide bonds. The van der Waals surface area contributed by atoms with E-state index >= 15 is 0 Å². The van der Waals surface area contributed by atoms with E-state index in [1.807, 2.05) is 0 Å². The third kappa shape index (κ3) is 3.63. The summed E-state index contributed by atoms with van der Waals surface area (Å²) in [4.78, 5) is 14.2. The molecule has 3 nitrogen and oxygen atoms in total. The van der Waals surface area contributed by atoms with Crippen molar-refractivity contribution in [1.29, 1.82) is 0 Å². The van der Waals surface area contributed by atoms with Crippen molar-refractivity contribution >= 4 is 18.3 Å². The Morgan fingerprint density at radius 3 is 2.25 bits per heavy atom. The number of halogens is 1. The van der Waals surface area contributed by atoms with E-state index in [9.17, 15) is 4.79 Å². The number of rotatable bonds is 1. The minimum absolute atomic E-state index is 0. The highest BCUT2D eigenvalue weighted by molar-refractivity contribution is 5.85. The third-order valence-electron chi connectivity index (χ3n) is 3.53. The van der Waals surface area contributed by atoms with E-state index in [2.05, 4.69) is 10.2 Å². The van der Waals surface area contributed by atoms with Gasteiger partial charge in [0.2, 0.25) is 5.91 Å². The first-order valence-electron chi connectivity index (χ1n) is 6.40. The fraction of sp³-hybridized carbons (Fsp3) is 0.917. The molecule has 0 spiro atoms. The maximum atomic E-state index is 12.2. The molecule has 0 aromatic heterocycles. The maximum Gasteiger partial charge on any atom is 0.239 e. The largest absolute Gasteiger partial charge is 0.341 e. The summed E-state index contributed by atoms with van der Waals surface area (Å²) < 4.78 is 0. The van der Waals surface area contributed by atoms with E-state index in [0.717, 1.165) is 26.1 Å². The average Bonchev–Trinajstić information content (AvgIpc) is 2.58. The van der Waals surface area contributed by atoms with Gasteiger partial charge in [0.15, 0.2) is 0 Å². The second-order valence-electron chi connectivity index (χ2n) is 4.74. The lowest BCUT2D eigenvalue weighted by molar-refractivity contribution is -0.134. The Labute approximate surface area is 104 Å². The molecule has 1 N–H and O–H groups in total. The Morgan fingerprint density at radius 1 is 1.00 bits per heavy atom. The molecule has 1 atom stereocenters. The van der Waals surface area contributed by atoms with Gasteiger partial charge in [-0.05, 0) is 32.2 Å². The highest BCUT2D eigenvalue weighted by Gasteiger charge is 2.25. The number of hydrogen-bond donors (Lipinski definition) is 1. The molecular weight excluding hydrogens is 224 g/mol. The highest BCUT2D eigenvalue weighted by Crippen LogP contribution is 2.14. The molecule has 0 aliphatic carbocycles. The fourth-order valence-corrected chi connectivity index (χ4v) is 2.57. The van der Waals surface area contributed by atoms with Gasteiger partial charge in [-0.15, -0.1) is 12.4 Å². The molecule has 2 heterocycles. The molecule has 2 aliphatic heterocycles. The van der Waals surface area contributed by atoms with Gasteiger partial charge in [0, 0.05) is 13.1 Å². The lowest BCUT2D eigenvalue weighted by Gasteiger charge is -2.29. The Bertz CT molecular complexity index is 209. The van der Waals surface area contributed by atoms with Gasteiger partial charge in [0.05, 0.1) is 6.04 Å². The Morgan fingerprint density at radius 2 is 1.69 bits per heavy atom. The number of amides is 1. The number of hydrogen-bond acceptors (Lipinski definition) is 2. The highest BCUT2D eigenvalue weighted by atomic mass is 35.5. The van der Waals surface area contributed by atoms with E-state index in [-0.39, 0.29) is 18.4 Å². The molecule has 0 unspecified atom stereocenters. The molecule has 2 aliphatic rings. The van der Waals surface area contributed by atoms with Crippen LogP contribution in [0.4, 0.5) is 0 Å². The van der Waals surface area contributed by atoms with Crippen LogP contribution in [0.2, 0.25) is 0 Å². The lowest BCUT2D eigenvalue weighted by Crippen LogP contribution is -2.48. The van der Waals surface area contributed by atoms with Gasteiger partial charge in [0.25, 0.3) is 0 Å². The Balaban J connectivity index is 0.00000128. The van der Waals surface area contributed by atoms with Crippen LogP contribution < -0.4 is 5.32 Å². The molecular formula is C12H23ClN2O. The number of carbonyl (C=O) groups excluding carboxylic acids is 1. The minimum atomic E-state index is 0. The van der Waals surface area contributed by atoms with E-state index in [1.165, 1.54) is 38.5 Å². The zero-order chi connectivity index (χ0) is 10.5. The summed E-state index contributed by atoms with van der Waals surface area (Å²) in [5.41, 5.74) is 0. The van der Waals surface area contributed by atoms with Gasteiger partial charge < -0.3 is 10.2 Å². The van der Waals surface area contributed by atoms with Gasteiger partial charge in [-0.25, -0.2) is 0 Å². The monoisotopic (exact) mass is 246 g/mol.